The Kier molecular flexibility index (Phi) is 54.0. The summed E-state index contributed by atoms with van der Waals surface area (Å²) < 4.78 is 0. The zero-order valence-corrected chi connectivity index (χ0v) is 7.99. The molecule has 5 heteroatoms. The first-order valence-electron chi connectivity index (χ1n) is 3.26. The highest BCUT2D eigenvalue weighted by Gasteiger charge is 2.02. The van der Waals surface area contributed by atoms with Crippen molar-refractivity contribution >= 4 is 26.2 Å². The first-order chi connectivity index (χ1) is 6.18. The summed E-state index contributed by atoms with van der Waals surface area (Å²) >= 11 is 0. The topological polar surface area (TPSA) is 88.5 Å². The zero-order valence-electron chi connectivity index (χ0n) is 7.99. The van der Waals surface area contributed by atoms with E-state index in [4.69, 9.17) is 19.5 Å². The van der Waals surface area contributed by atoms with Crippen molar-refractivity contribution < 1.29 is 24.3 Å². The molecule has 0 radical (unpaired) electrons. The van der Waals surface area contributed by atoms with Crippen molar-refractivity contribution in [3.8, 4) is 0 Å². The molecule has 0 aliphatic carbocycles. The van der Waals surface area contributed by atoms with Gasteiger partial charge in [0, 0.05) is 6.42 Å². The van der Waals surface area contributed by atoms with Crippen LogP contribution in [-0.2, 0) is 19.2 Å². The summed E-state index contributed by atoms with van der Waals surface area (Å²) in [6, 6.07) is 0. The predicted molar refractivity (Wildman–Crippen MR) is 48.3 cm³/mol. The lowest BCUT2D eigenvalue weighted by Crippen LogP contribution is -2.13. The molecule has 0 saturated carbocycles. The minimum atomic E-state index is -0.773. The van der Waals surface area contributed by atoms with Crippen molar-refractivity contribution in [2.24, 2.45) is 0 Å². The Balaban J connectivity index is -0.0000000573. The van der Waals surface area contributed by atoms with Crippen LogP contribution in [0.25, 0.3) is 0 Å². The molecule has 1 N–H and O–H groups in total. The molecule has 0 aromatic rings. The van der Waals surface area contributed by atoms with Gasteiger partial charge in [-0.3, -0.25) is 4.79 Å². The highest BCUT2D eigenvalue weighted by atomic mass is 16.3. The number of carbonyl (C=O) groups is 4. The third-order valence-electron chi connectivity index (χ3n) is 0.814. The lowest BCUT2D eigenvalue weighted by molar-refractivity contribution is -0.125. The van der Waals surface area contributed by atoms with Crippen LogP contribution in [0.4, 0.5) is 0 Å². The maximum atomic E-state index is 10.3. The van der Waals surface area contributed by atoms with Crippen LogP contribution < -0.4 is 0 Å². The van der Waals surface area contributed by atoms with E-state index in [0.717, 1.165) is 0 Å². The van der Waals surface area contributed by atoms with Crippen LogP contribution in [0.2, 0.25) is 0 Å². The number of hydrogen-bond donors (Lipinski definition) is 1. The largest absolute Gasteiger partial charge is 0.386 e. The molecule has 0 aliphatic heterocycles. The van der Waals surface area contributed by atoms with E-state index in [-0.39, 0.29) is 5.78 Å². The molecule has 0 fully saturated rings. The molecule has 13 heavy (non-hydrogen) atoms. The van der Waals surface area contributed by atoms with Crippen molar-refractivity contribution in [1.82, 2.24) is 0 Å². The summed E-state index contributed by atoms with van der Waals surface area (Å²) in [5, 5.41) is 8.47. The van der Waals surface area contributed by atoms with Gasteiger partial charge >= 0.3 is 0 Å². The van der Waals surface area contributed by atoms with Crippen LogP contribution in [0.3, 0.4) is 0 Å². The minimum absolute atomic E-state index is 0.0972. The Bertz CT molecular complexity index is 98.0. The molecule has 1 atom stereocenters. The first kappa shape index (κ1) is 22.6. The van der Waals surface area contributed by atoms with E-state index in [1.54, 1.807) is 6.92 Å². The van der Waals surface area contributed by atoms with Gasteiger partial charge < -0.3 is 19.5 Å². The molecule has 0 aliphatic rings. The molecule has 0 aromatic heterocycles. The maximum absolute atomic E-state index is 10.3. The van der Waals surface area contributed by atoms with Crippen molar-refractivity contribution in [1.29, 1.82) is 0 Å². The van der Waals surface area contributed by atoms with E-state index in [1.807, 2.05) is 20.4 Å². The quantitative estimate of drug-likeness (QED) is 0.654. The molecule has 0 aromatic carbocycles. The van der Waals surface area contributed by atoms with Crippen LogP contribution in [0.15, 0.2) is 0 Å². The van der Waals surface area contributed by atoms with Crippen molar-refractivity contribution in [2.75, 3.05) is 0 Å². The Morgan fingerprint density at radius 3 is 1.38 bits per heavy atom. The summed E-state index contributed by atoms with van der Waals surface area (Å²) in [5.74, 6) is -0.0972. The summed E-state index contributed by atoms with van der Waals surface area (Å²) in [7, 11) is 0. The summed E-state index contributed by atoms with van der Waals surface area (Å²) in [6.45, 7) is 9.21. The van der Waals surface area contributed by atoms with Gasteiger partial charge in [-0.2, -0.15) is 0 Å². The Morgan fingerprint density at radius 1 is 1.15 bits per heavy atom. The van der Waals surface area contributed by atoms with Gasteiger partial charge in [0.1, 0.15) is 26.5 Å². The standard InChI is InChI=1S/C5H10O2.3CH2O/c1-3-5(7)4(2)6;3*1-2/h4,6H,3H2,1-2H3;3*1H2. The average molecular weight is 192 g/mol. The average Bonchev–Trinajstić information content (AvgIpc) is 2.25. The SMILES string of the molecule is C=O.C=O.C=O.CCC(=O)C(C)O. The molecular formula is C8H16O5. The van der Waals surface area contributed by atoms with Crippen LogP contribution in [-0.4, -0.2) is 37.4 Å². The van der Waals surface area contributed by atoms with Gasteiger partial charge in [0.05, 0.1) is 0 Å². The number of carbonyl (C=O) groups excluding carboxylic acids is 4. The second-order valence-corrected chi connectivity index (χ2v) is 1.50. The van der Waals surface area contributed by atoms with Crippen molar-refractivity contribution in [3.05, 3.63) is 0 Å². The van der Waals surface area contributed by atoms with Gasteiger partial charge in [-0.05, 0) is 6.92 Å². The number of Topliss-reactive ketones (excluding diaryl/α,β-unsaturated/α-hetero) is 1. The Morgan fingerprint density at radius 2 is 1.38 bits per heavy atom. The van der Waals surface area contributed by atoms with Gasteiger partial charge in [0.2, 0.25) is 0 Å². The van der Waals surface area contributed by atoms with Crippen LogP contribution in [0, 0.1) is 0 Å². The fourth-order valence-electron chi connectivity index (χ4n) is 0.295. The van der Waals surface area contributed by atoms with Gasteiger partial charge in [-0.15, -0.1) is 0 Å². The lowest BCUT2D eigenvalue weighted by atomic mass is 10.2. The third kappa shape index (κ3) is 36.9. The Labute approximate surface area is 77.8 Å². The summed E-state index contributed by atoms with van der Waals surface area (Å²) in [4.78, 5) is 34.3. The second-order valence-electron chi connectivity index (χ2n) is 1.50. The fraction of sp³-hybridized carbons (Fsp3) is 0.500. The molecule has 0 heterocycles. The van der Waals surface area contributed by atoms with Gasteiger partial charge in [-0.1, -0.05) is 6.92 Å². The first-order valence-corrected chi connectivity index (χ1v) is 3.26. The monoisotopic (exact) mass is 192 g/mol. The number of aliphatic hydroxyl groups is 1. The van der Waals surface area contributed by atoms with E-state index in [9.17, 15) is 4.79 Å². The molecule has 0 spiro atoms. The van der Waals surface area contributed by atoms with Crippen molar-refractivity contribution in [2.45, 2.75) is 26.4 Å². The predicted octanol–water partition coefficient (Wildman–Crippen LogP) is -0.208. The lowest BCUT2D eigenvalue weighted by Gasteiger charge is -1.95. The van der Waals surface area contributed by atoms with Crippen LogP contribution >= 0.6 is 0 Å². The van der Waals surface area contributed by atoms with E-state index >= 15 is 0 Å². The second kappa shape index (κ2) is 31.1. The molecule has 5 nitrogen and oxygen atoms in total. The molecular weight excluding hydrogens is 176 g/mol. The highest BCUT2D eigenvalue weighted by Crippen LogP contribution is 1.86. The Hall–Kier alpha value is -1.36. The molecule has 0 bridgehead atoms. The molecule has 0 amide bonds. The molecule has 0 rings (SSSR count). The van der Waals surface area contributed by atoms with E-state index < -0.39 is 6.10 Å². The highest BCUT2D eigenvalue weighted by molar-refractivity contribution is 5.81. The van der Waals surface area contributed by atoms with Crippen LogP contribution in [0.1, 0.15) is 20.3 Å². The molecule has 0 saturated heterocycles. The van der Waals surface area contributed by atoms with Gasteiger partial charge in [0.15, 0.2) is 5.78 Å². The number of aliphatic hydroxyl groups excluding tert-OH is 1. The molecule has 1 unspecified atom stereocenters. The summed E-state index contributed by atoms with van der Waals surface area (Å²) in [5.41, 5.74) is 0. The van der Waals surface area contributed by atoms with E-state index in [2.05, 4.69) is 0 Å². The number of rotatable bonds is 2. The summed E-state index contributed by atoms with van der Waals surface area (Å²) in [6.07, 6.45) is -0.345. The van der Waals surface area contributed by atoms with Gasteiger partial charge in [0.25, 0.3) is 0 Å². The van der Waals surface area contributed by atoms with Gasteiger partial charge in [-0.25, -0.2) is 0 Å². The number of ketones is 1. The third-order valence-corrected chi connectivity index (χ3v) is 0.814. The zero-order chi connectivity index (χ0) is 11.9. The number of hydrogen-bond acceptors (Lipinski definition) is 5. The van der Waals surface area contributed by atoms with Crippen LogP contribution in [0.5, 0.6) is 0 Å². The maximum Gasteiger partial charge on any atom is 0.160 e. The van der Waals surface area contributed by atoms with E-state index in [0.29, 0.717) is 6.42 Å². The smallest absolute Gasteiger partial charge is 0.160 e. The fourth-order valence-corrected chi connectivity index (χ4v) is 0.295. The normalized spacial score (nSPS) is 8.23. The minimum Gasteiger partial charge on any atom is -0.386 e. The van der Waals surface area contributed by atoms with Crippen molar-refractivity contribution in [3.63, 3.8) is 0 Å². The molecule has 78 valence electrons. The van der Waals surface area contributed by atoms with E-state index in [1.165, 1.54) is 6.92 Å².